The Morgan fingerprint density at radius 3 is 2.50 bits per heavy atom. The van der Waals surface area contributed by atoms with E-state index in [4.69, 9.17) is 4.74 Å². The Morgan fingerprint density at radius 2 is 1.95 bits per heavy atom. The number of methoxy groups -OCH3 is 1. The Hall–Kier alpha value is -1.59. The molecule has 1 N–H and O–H groups in total. The Kier molecular flexibility index (Phi) is 3.89. The van der Waals surface area contributed by atoms with Crippen LogP contribution in [0.4, 0.5) is 0 Å². The number of amides is 1. The number of nitrogens with one attached hydrogen (secondary N) is 1. The predicted octanol–water partition coefficient (Wildman–Crippen LogP) is 0.425. The molecule has 3 aliphatic rings. The molecule has 4 rings (SSSR count). The first-order valence-corrected chi connectivity index (χ1v) is 7.15. The van der Waals surface area contributed by atoms with Crippen LogP contribution >= 0.6 is 0 Å². The smallest absolute Gasteiger partial charge is 0.251 e. The molecule has 0 saturated carbocycles. The van der Waals surface area contributed by atoms with Crippen LogP contribution in [-0.4, -0.2) is 68.1 Å². The van der Waals surface area contributed by atoms with E-state index in [9.17, 15) is 4.79 Å². The highest BCUT2D eigenvalue weighted by atomic mass is 16.5. The number of carbonyl (C=O) groups excluding carboxylic acids is 1. The quantitative estimate of drug-likeness (QED) is 0.865. The Morgan fingerprint density at radius 1 is 1.25 bits per heavy atom. The number of benzene rings is 1. The van der Waals surface area contributed by atoms with E-state index in [1.807, 2.05) is 12.1 Å². The first-order chi connectivity index (χ1) is 9.76. The van der Waals surface area contributed by atoms with Gasteiger partial charge >= 0.3 is 0 Å². The van der Waals surface area contributed by atoms with Gasteiger partial charge in [0.15, 0.2) is 0 Å². The van der Waals surface area contributed by atoms with E-state index in [-0.39, 0.29) is 5.91 Å². The van der Waals surface area contributed by atoms with Crippen LogP contribution in [0.3, 0.4) is 0 Å². The van der Waals surface area contributed by atoms with Crippen molar-refractivity contribution in [3.05, 3.63) is 29.8 Å². The largest absolute Gasteiger partial charge is 0.497 e. The fraction of sp³-hybridized carbons (Fsp3) is 0.533. The highest BCUT2D eigenvalue weighted by Crippen LogP contribution is 2.15. The summed E-state index contributed by atoms with van der Waals surface area (Å²) in [4.78, 5) is 17.1. The Labute approximate surface area is 119 Å². The van der Waals surface area contributed by atoms with E-state index in [1.54, 1.807) is 19.2 Å². The summed E-state index contributed by atoms with van der Waals surface area (Å²) in [5.41, 5.74) is 0.682. The summed E-state index contributed by atoms with van der Waals surface area (Å²) in [6, 6.07) is 7.68. The zero-order valence-electron chi connectivity index (χ0n) is 11.8. The molecule has 3 heterocycles. The third-order valence-corrected chi connectivity index (χ3v) is 4.24. The van der Waals surface area contributed by atoms with Gasteiger partial charge in [0.2, 0.25) is 0 Å². The fourth-order valence-corrected chi connectivity index (χ4v) is 2.97. The van der Waals surface area contributed by atoms with E-state index in [1.165, 1.54) is 13.1 Å². The minimum absolute atomic E-state index is 0.00898. The van der Waals surface area contributed by atoms with Gasteiger partial charge in [-0.25, -0.2) is 0 Å². The van der Waals surface area contributed by atoms with Gasteiger partial charge in [-0.15, -0.1) is 0 Å². The van der Waals surface area contributed by atoms with Gasteiger partial charge in [-0.3, -0.25) is 14.6 Å². The van der Waals surface area contributed by atoms with Gasteiger partial charge in [-0.2, -0.15) is 0 Å². The Bertz CT molecular complexity index is 467. The van der Waals surface area contributed by atoms with Crippen LogP contribution in [0.25, 0.3) is 0 Å². The zero-order chi connectivity index (χ0) is 13.9. The Balaban J connectivity index is 1.53. The summed E-state index contributed by atoms with van der Waals surface area (Å²) in [7, 11) is 1.62. The van der Waals surface area contributed by atoms with Gasteiger partial charge in [-0.05, 0) is 24.3 Å². The van der Waals surface area contributed by atoms with E-state index in [2.05, 4.69) is 15.1 Å². The summed E-state index contributed by atoms with van der Waals surface area (Å²) in [6.07, 6.45) is 0. The average molecular weight is 275 g/mol. The van der Waals surface area contributed by atoms with E-state index >= 15 is 0 Å². The molecule has 20 heavy (non-hydrogen) atoms. The molecule has 2 bridgehead atoms. The minimum atomic E-state index is -0.00898. The lowest BCUT2D eigenvalue weighted by atomic mass is 10.1. The number of ether oxygens (including phenoxy) is 1. The van der Waals surface area contributed by atoms with E-state index in [0.29, 0.717) is 11.6 Å². The van der Waals surface area contributed by atoms with Crippen molar-refractivity contribution in [2.45, 2.75) is 6.04 Å². The molecule has 0 aliphatic carbocycles. The second-order valence-electron chi connectivity index (χ2n) is 5.43. The predicted molar refractivity (Wildman–Crippen MR) is 77.1 cm³/mol. The van der Waals surface area contributed by atoms with Crippen LogP contribution in [-0.2, 0) is 0 Å². The first-order valence-electron chi connectivity index (χ1n) is 7.15. The van der Waals surface area contributed by atoms with Crippen molar-refractivity contribution in [2.24, 2.45) is 0 Å². The van der Waals surface area contributed by atoms with Crippen molar-refractivity contribution < 1.29 is 9.53 Å². The van der Waals surface area contributed by atoms with Gasteiger partial charge in [0.25, 0.3) is 5.91 Å². The van der Waals surface area contributed by atoms with Crippen molar-refractivity contribution in [2.75, 3.05) is 46.4 Å². The molecule has 0 radical (unpaired) electrons. The third kappa shape index (κ3) is 2.78. The third-order valence-electron chi connectivity index (χ3n) is 4.24. The number of rotatable bonds is 4. The van der Waals surface area contributed by atoms with Gasteiger partial charge in [-0.1, -0.05) is 0 Å². The monoisotopic (exact) mass is 275 g/mol. The average Bonchev–Trinajstić information content (AvgIpc) is 2.54. The number of fused-ring (bicyclic) bond motifs is 3. The highest BCUT2D eigenvalue weighted by molar-refractivity contribution is 5.94. The van der Waals surface area contributed by atoms with Gasteiger partial charge < -0.3 is 10.1 Å². The topological polar surface area (TPSA) is 44.8 Å². The summed E-state index contributed by atoms with van der Waals surface area (Å²) >= 11 is 0. The van der Waals surface area contributed by atoms with Crippen molar-refractivity contribution in [3.63, 3.8) is 0 Å². The van der Waals surface area contributed by atoms with Crippen LogP contribution in [0.2, 0.25) is 0 Å². The number of hydrogen-bond donors (Lipinski definition) is 1. The SMILES string of the molecule is COc1ccc(C(=O)NCC2CN3CCN2CC3)cc1. The highest BCUT2D eigenvalue weighted by Gasteiger charge is 2.31. The standard InChI is InChI=1S/C15H21N3O2/c1-20-14-4-2-12(3-5-14)15(19)16-10-13-11-17-6-8-18(13)9-7-17/h2-5,13H,6-11H2,1H3,(H,16,19). The molecule has 0 spiro atoms. The molecule has 3 saturated heterocycles. The molecule has 5 nitrogen and oxygen atoms in total. The van der Waals surface area contributed by atoms with E-state index < -0.39 is 0 Å². The molecule has 3 fully saturated rings. The van der Waals surface area contributed by atoms with Crippen molar-refractivity contribution in [3.8, 4) is 5.75 Å². The van der Waals surface area contributed by atoms with Crippen molar-refractivity contribution in [1.29, 1.82) is 0 Å². The summed E-state index contributed by atoms with van der Waals surface area (Å²) in [6.45, 7) is 6.39. The van der Waals surface area contributed by atoms with Crippen LogP contribution < -0.4 is 10.1 Å². The number of hydrogen-bond acceptors (Lipinski definition) is 4. The number of nitrogens with zero attached hydrogens (tertiary/aromatic N) is 2. The lowest BCUT2D eigenvalue weighted by Crippen LogP contribution is -2.63. The molecule has 108 valence electrons. The van der Waals surface area contributed by atoms with Gasteiger partial charge in [0.1, 0.15) is 5.75 Å². The van der Waals surface area contributed by atoms with Crippen LogP contribution in [0, 0.1) is 0 Å². The molecule has 5 heteroatoms. The second kappa shape index (κ2) is 5.81. The molecule has 1 unspecified atom stereocenters. The molecule has 1 aromatic rings. The normalized spacial score (nSPS) is 28.1. The molecule has 3 aliphatic heterocycles. The summed E-state index contributed by atoms with van der Waals surface area (Å²) < 4.78 is 5.09. The van der Waals surface area contributed by atoms with Gasteiger partial charge in [0, 0.05) is 50.9 Å². The number of piperazine rings is 3. The maximum absolute atomic E-state index is 12.1. The zero-order valence-corrected chi connectivity index (χ0v) is 11.8. The second-order valence-corrected chi connectivity index (χ2v) is 5.43. The van der Waals surface area contributed by atoms with Crippen molar-refractivity contribution in [1.82, 2.24) is 15.1 Å². The van der Waals surface area contributed by atoms with Crippen LogP contribution in [0.1, 0.15) is 10.4 Å². The molecular formula is C15H21N3O2. The number of carbonyl (C=O) groups is 1. The van der Waals surface area contributed by atoms with Crippen LogP contribution in [0.15, 0.2) is 24.3 Å². The minimum Gasteiger partial charge on any atom is -0.497 e. The lowest BCUT2D eigenvalue weighted by molar-refractivity contribution is 0.0138. The van der Waals surface area contributed by atoms with Gasteiger partial charge in [0.05, 0.1) is 7.11 Å². The first kappa shape index (κ1) is 13.4. The van der Waals surface area contributed by atoms with Crippen LogP contribution in [0.5, 0.6) is 5.75 Å². The molecule has 1 atom stereocenters. The lowest BCUT2D eigenvalue weighted by Gasteiger charge is -2.47. The summed E-state index contributed by atoms with van der Waals surface area (Å²) in [5, 5.41) is 3.04. The molecule has 1 amide bonds. The molecule has 1 aromatic carbocycles. The summed E-state index contributed by atoms with van der Waals surface area (Å²) in [5.74, 6) is 0.760. The fourth-order valence-electron chi connectivity index (χ4n) is 2.97. The molecule has 0 aromatic heterocycles. The van der Waals surface area contributed by atoms with Crippen molar-refractivity contribution >= 4 is 5.91 Å². The van der Waals surface area contributed by atoms with E-state index in [0.717, 1.165) is 31.9 Å². The maximum Gasteiger partial charge on any atom is 0.251 e. The maximum atomic E-state index is 12.1. The molecular weight excluding hydrogens is 254 g/mol.